The predicted molar refractivity (Wildman–Crippen MR) is 112 cm³/mol. The minimum absolute atomic E-state index is 0. The van der Waals surface area contributed by atoms with E-state index in [9.17, 15) is 21.6 Å². The van der Waals surface area contributed by atoms with Gasteiger partial charge >= 0.3 is 15.5 Å². The Labute approximate surface area is 177 Å². The fraction of sp³-hybridized carbons (Fsp3) is 0.933. The molecule has 1 rings (SSSR count). The van der Waals surface area contributed by atoms with Crippen LogP contribution < -0.4 is 16.0 Å². The molecule has 1 heterocycles. The van der Waals surface area contributed by atoms with Crippen molar-refractivity contribution in [2.45, 2.75) is 57.6 Å². The Morgan fingerprint density at radius 3 is 2.19 bits per heavy atom. The molecule has 0 saturated carbocycles. The van der Waals surface area contributed by atoms with Crippen LogP contribution in [0, 0.1) is 0 Å². The van der Waals surface area contributed by atoms with Gasteiger partial charge in [-0.1, -0.05) is 0 Å². The summed E-state index contributed by atoms with van der Waals surface area (Å²) in [6, 6.07) is -0.122. The second kappa shape index (κ2) is 11.0. The Hall–Kier alpha value is -0.340. The summed E-state index contributed by atoms with van der Waals surface area (Å²) in [4.78, 5) is 4.44. The first-order valence-electron chi connectivity index (χ1n) is 8.73. The summed E-state index contributed by atoms with van der Waals surface area (Å²) in [6.45, 7) is 9.67. The molecule has 0 atom stereocenters. The van der Waals surface area contributed by atoms with Gasteiger partial charge in [0.1, 0.15) is 0 Å². The summed E-state index contributed by atoms with van der Waals surface area (Å²) >= 11 is 0. The van der Waals surface area contributed by atoms with Gasteiger partial charge < -0.3 is 16.0 Å². The molecule has 7 nitrogen and oxygen atoms in total. The molecule has 0 aromatic heterocycles. The first-order valence-corrected chi connectivity index (χ1v) is 10.2. The quantitative estimate of drug-likeness (QED) is 0.212. The van der Waals surface area contributed by atoms with Gasteiger partial charge in [0.05, 0.1) is 6.54 Å². The van der Waals surface area contributed by atoms with E-state index in [4.69, 9.17) is 0 Å². The average molecular weight is 529 g/mol. The fourth-order valence-corrected chi connectivity index (χ4v) is 3.48. The zero-order valence-electron chi connectivity index (χ0n) is 16.2. The first-order chi connectivity index (χ1) is 11.9. The number of halogens is 4. The number of sulfonamides is 1. The van der Waals surface area contributed by atoms with E-state index in [2.05, 4.69) is 41.7 Å². The third-order valence-corrected chi connectivity index (χ3v) is 5.44. The molecule has 0 radical (unpaired) electrons. The molecule has 1 aliphatic heterocycles. The number of hydrogen-bond donors (Lipinski definition) is 3. The topological polar surface area (TPSA) is 85.8 Å². The van der Waals surface area contributed by atoms with E-state index in [1.54, 1.807) is 0 Å². The molecule has 0 aliphatic carbocycles. The van der Waals surface area contributed by atoms with Crippen molar-refractivity contribution in [1.29, 1.82) is 0 Å². The monoisotopic (exact) mass is 529 g/mol. The number of guanidine groups is 1. The third-order valence-electron chi connectivity index (χ3n) is 3.81. The molecule has 1 fully saturated rings. The lowest BCUT2D eigenvalue weighted by Crippen LogP contribution is -2.51. The molecule has 0 aromatic rings. The SMILES string of the molecule is CCNC(=NCCNC(C)(C)C)NC1CCN(S(=O)(=O)C(F)(F)F)CC1.I. The van der Waals surface area contributed by atoms with Crippen molar-refractivity contribution in [1.82, 2.24) is 20.3 Å². The van der Waals surface area contributed by atoms with Crippen molar-refractivity contribution in [3.63, 3.8) is 0 Å². The maximum atomic E-state index is 12.6. The van der Waals surface area contributed by atoms with E-state index in [0.717, 1.165) is 0 Å². The molecule has 0 unspecified atom stereocenters. The van der Waals surface area contributed by atoms with Crippen LogP contribution in [0.15, 0.2) is 4.99 Å². The highest BCUT2D eigenvalue weighted by molar-refractivity contribution is 14.0. The van der Waals surface area contributed by atoms with Gasteiger partial charge in [0.2, 0.25) is 0 Å². The Kier molecular flexibility index (Phi) is 10.9. The van der Waals surface area contributed by atoms with Crippen LogP contribution in [-0.4, -0.2) is 68.5 Å². The number of alkyl halides is 3. The fourth-order valence-electron chi connectivity index (χ4n) is 2.50. The Bertz CT molecular complexity index is 571. The van der Waals surface area contributed by atoms with Crippen LogP contribution in [0.4, 0.5) is 13.2 Å². The van der Waals surface area contributed by atoms with Gasteiger partial charge in [-0.2, -0.15) is 17.5 Å². The van der Waals surface area contributed by atoms with E-state index in [0.29, 0.717) is 42.7 Å². The molecule has 27 heavy (non-hydrogen) atoms. The number of nitrogens with zero attached hydrogens (tertiary/aromatic N) is 2. The molecule has 0 bridgehead atoms. The standard InChI is InChI=1S/C15H30F3N5O2S.HI/c1-5-19-13(20-8-9-21-14(2,3)4)22-12-6-10-23(11-7-12)26(24,25)15(16,17)18;/h12,21H,5-11H2,1-4H3,(H2,19,20,22);1H. The average Bonchev–Trinajstić information content (AvgIpc) is 2.50. The molecule has 1 saturated heterocycles. The van der Waals surface area contributed by atoms with Crippen molar-refractivity contribution < 1.29 is 21.6 Å². The van der Waals surface area contributed by atoms with Crippen LogP contribution in [0.3, 0.4) is 0 Å². The van der Waals surface area contributed by atoms with E-state index < -0.39 is 15.5 Å². The van der Waals surface area contributed by atoms with Crippen LogP contribution >= 0.6 is 24.0 Å². The second-order valence-corrected chi connectivity index (χ2v) is 9.14. The smallest absolute Gasteiger partial charge is 0.357 e. The summed E-state index contributed by atoms with van der Waals surface area (Å²) in [5, 5.41) is 9.58. The highest BCUT2D eigenvalue weighted by atomic mass is 127. The maximum absolute atomic E-state index is 12.6. The molecular formula is C15H31F3IN5O2S. The summed E-state index contributed by atoms with van der Waals surface area (Å²) in [5.41, 5.74) is -5.25. The zero-order chi connectivity index (χ0) is 20.0. The van der Waals surface area contributed by atoms with Gasteiger partial charge in [0.15, 0.2) is 5.96 Å². The minimum atomic E-state index is -5.25. The number of aliphatic imine (C=N–C) groups is 1. The van der Waals surface area contributed by atoms with Crippen LogP contribution in [-0.2, 0) is 10.0 Å². The zero-order valence-corrected chi connectivity index (χ0v) is 19.3. The molecule has 1 aliphatic rings. The molecule has 3 N–H and O–H groups in total. The van der Waals surface area contributed by atoms with Crippen molar-refractivity contribution in [2.75, 3.05) is 32.7 Å². The summed E-state index contributed by atoms with van der Waals surface area (Å²) in [5.74, 6) is 0.584. The second-order valence-electron chi connectivity index (χ2n) is 7.21. The van der Waals surface area contributed by atoms with Gasteiger partial charge in [-0.15, -0.1) is 24.0 Å². The number of piperidine rings is 1. The van der Waals surface area contributed by atoms with E-state index in [1.807, 2.05) is 6.92 Å². The van der Waals surface area contributed by atoms with Crippen molar-refractivity contribution in [2.24, 2.45) is 4.99 Å². The summed E-state index contributed by atoms with van der Waals surface area (Å²) < 4.78 is 61.2. The van der Waals surface area contributed by atoms with E-state index in [-0.39, 0.29) is 48.6 Å². The lowest BCUT2D eigenvalue weighted by molar-refractivity contribution is -0.0494. The minimum Gasteiger partial charge on any atom is -0.357 e. The largest absolute Gasteiger partial charge is 0.511 e. The van der Waals surface area contributed by atoms with Gasteiger partial charge in [-0.25, -0.2) is 8.42 Å². The van der Waals surface area contributed by atoms with Crippen LogP contribution in [0.1, 0.15) is 40.5 Å². The Morgan fingerprint density at radius 1 is 1.19 bits per heavy atom. The molecular weight excluding hydrogens is 498 g/mol. The first kappa shape index (κ1) is 26.7. The highest BCUT2D eigenvalue weighted by Crippen LogP contribution is 2.28. The maximum Gasteiger partial charge on any atom is 0.511 e. The van der Waals surface area contributed by atoms with Crippen LogP contribution in [0.5, 0.6) is 0 Å². The molecule has 0 amide bonds. The summed E-state index contributed by atoms with van der Waals surface area (Å²) in [6.07, 6.45) is 0.583. The lowest BCUT2D eigenvalue weighted by Gasteiger charge is -2.32. The van der Waals surface area contributed by atoms with Crippen molar-refractivity contribution >= 4 is 40.0 Å². The molecule has 0 spiro atoms. The number of nitrogens with one attached hydrogen (secondary N) is 3. The predicted octanol–water partition coefficient (Wildman–Crippen LogP) is 1.86. The van der Waals surface area contributed by atoms with E-state index >= 15 is 0 Å². The van der Waals surface area contributed by atoms with Crippen LogP contribution in [0.25, 0.3) is 0 Å². The third kappa shape index (κ3) is 9.13. The summed E-state index contributed by atoms with van der Waals surface area (Å²) in [7, 11) is -5.24. The van der Waals surface area contributed by atoms with Crippen LogP contribution in [0.2, 0.25) is 0 Å². The van der Waals surface area contributed by atoms with Crippen molar-refractivity contribution in [3.8, 4) is 0 Å². The Balaban J connectivity index is 0.00000676. The highest BCUT2D eigenvalue weighted by Gasteiger charge is 2.50. The van der Waals surface area contributed by atoms with Crippen molar-refractivity contribution in [3.05, 3.63) is 0 Å². The molecule has 162 valence electrons. The molecule has 12 heteroatoms. The van der Waals surface area contributed by atoms with Gasteiger partial charge in [-0.3, -0.25) is 4.99 Å². The number of hydrogen-bond acceptors (Lipinski definition) is 4. The normalized spacial score (nSPS) is 18.1. The van der Waals surface area contributed by atoms with Gasteiger partial charge in [-0.05, 0) is 40.5 Å². The van der Waals surface area contributed by atoms with E-state index in [1.165, 1.54) is 0 Å². The van der Waals surface area contributed by atoms with Gasteiger partial charge in [0, 0.05) is 37.8 Å². The lowest BCUT2D eigenvalue weighted by atomic mass is 10.1. The van der Waals surface area contributed by atoms with Gasteiger partial charge in [0.25, 0.3) is 0 Å². The number of rotatable bonds is 6. The Morgan fingerprint density at radius 2 is 1.74 bits per heavy atom. The molecule has 0 aromatic carbocycles.